The number of amides is 1. The number of rotatable bonds is 3. The molecule has 0 atom stereocenters. The third-order valence-corrected chi connectivity index (χ3v) is 2.94. The Hall–Kier alpha value is -2.51. The molecule has 1 heterocycles. The van der Waals surface area contributed by atoms with Gasteiger partial charge in [0.25, 0.3) is 5.91 Å². The first-order valence-electron chi connectivity index (χ1n) is 6.01. The van der Waals surface area contributed by atoms with Crippen molar-refractivity contribution in [3.63, 3.8) is 0 Å². The van der Waals surface area contributed by atoms with Crippen LogP contribution in [0.25, 0.3) is 0 Å². The lowest BCUT2D eigenvalue weighted by atomic mass is 10.1. The Kier molecular flexibility index (Phi) is 3.88. The van der Waals surface area contributed by atoms with Crippen molar-refractivity contribution in [3.05, 3.63) is 47.3 Å². The van der Waals surface area contributed by atoms with E-state index in [-0.39, 0.29) is 23.5 Å². The van der Waals surface area contributed by atoms with Gasteiger partial charge >= 0.3 is 6.18 Å². The summed E-state index contributed by atoms with van der Waals surface area (Å²) in [5.41, 5.74) is 5.07. The normalized spacial score (nSPS) is 11.4. The van der Waals surface area contributed by atoms with Crippen molar-refractivity contribution >= 4 is 11.6 Å². The molecule has 0 aliphatic carbocycles. The van der Waals surface area contributed by atoms with Crippen LogP contribution in [0.2, 0.25) is 0 Å². The van der Waals surface area contributed by atoms with E-state index in [0.717, 1.165) is 6.07 Å². The summed E-state index contributed by atoms with van der Waals surface area (Å²) in [5.74, 6) is -0.579. The topological polar surface area (TPSA) is 72.9 Å². The number of halogens is 3. The number of carbonyl (C=O) groups excluding carboxylic acids is 1. The fraction of sp³-hybridized carbons (Fsp3) is 0.231. The second-order valence-corrected chi connectivity index (χ2v) is 4.41. The highest BCUT2D eigenvalue weighted by molar-refractivity contribution is 5.97. The van der Waals surface area contributed by atoms with Gasteiger partial charge in [-0.2, -0.15) is 18.3 Å². The molecule has 1 aromatic heterocycles. The van der Waals surface area contributed by atoms with Crippen LogP contribution in [0.5, 0.6) is 0 Å². The number of anilines is 1. The average Bonchev–Trinajstić information content (AvgIpc) is 2.75. The van der Waals surface area contributed by atoms with Gasteiger partial charge in [-0.05, 0) is 11.6 Å². The van der Waals surface area contributed by atoms with E-state index in [2.05, 4.69) is 10.4 Å². The second kappa shape index (κ2) is 5.47. The van der Waals surface area contributed by atoms with Gasteiger partial charge in [-0.3, -0.25) is 9.48 Å². The summed E-state index contributed by atoms with van der Waals surface area (Å²) in [5, 5.41) is 6.22. The van der Waals surface area contributed by atoms with Gasteiger partial charge < -0.3 is 11.1 Å². The molecule has 5 nitrogen and oxygen atoms in total. The van der Waals surface area contributed by atoms with Gasteiger partial charge in [0.2, 0.25) is 0 Å². The van der Waals surface area contributed by atoms with Crippen LogP contribution in [0.4, 0.5) is 18.9 Å². The van der Waals surface area contributed by atoms with Crippen molar-refractivity contribution in [2.24, 2.45) is 7.05 Å². The number of benzene rings is 1. The Morgan fingerprint density at radius 1 is 1.38 bits per heavy atom. The van der Waals surface area contributed by atoms with E-state index < -0.39 is 17.6 Å². The molecule has 0 bridgehead atoms. The highest BCUT2D eigenvalue weighted by Gasteiger charge is 2.32. The Labute approximate surface area is 118 Å². The molecule has 0 saturated carbocycles. The molecule has 2 aromatic rings. The molecule has 1 aromatic carbocycles. The minimum absolute atomic E-state index is 0.0147. The number of nitrogen functional groups attached to an aromatic ring is 1. The summed E-state index contributed by atoms with van der Waals surface area (Å²) >= 11 is 0. The van der Waals surface area contributed by atoms with E-state index in [1.807, 2.05) is 0 Å². The number of nitrogens with two attached hydrogens (primary N) is 1. The van der Waals surface area contributed by atoms with Crippen molar-refractivity contribution in [3.8, 4) is 0 Å². The van der Waals surface area contributed by atoms with E-state index >= 15 is 0 Å². The first kappa shape index (κ1) is 14.9. The van der Waals surface area contributed by atoms with Crippen LogP contribution in [0.3, 0.4) is 0 Å². The molecule has 0 spiro atoms. The molecular weight excluding hydrogens is 285 g/mol. The van der Waals surface area contributed by atoms with E-state index in [0.29, 0.717) is 0 Å². The monoisotopic (exact) mass is 298 g/mol. The van der Waals surface area contributed by atoms with Crippen LogP contribution in [0.1, 0.15) is 21.6 Å². The third kappa shape index (κ3) is 3.15. The quantitative estimate of drug-likeness (QED) is 0.909. The molecule has 8 heteroatoms. The Balaban J connectivity index is 2.16. The summed E-state index contributed by atoms with van der Waals surface area (Å²) < 4.78 is 39.7. The van der Waals surface area contributed by atoms with Gasteiger partial charge in [-0.1, -0.05) is 18.2 Å². The number of hydrogen-bond acceptors (Lipinski definition) is 3. The first-order chi connectivity index (χ1) is 9.80. The number of aromatic nitrogens is 2. The van der Waals surface area contributed by atoms with Crippen LogP contribution in [-0.4, -0.2) is 15.7 Å². The molecule has 2 rings (SSSR count). The van der Waals surface area contributed by atoms with Gasteiger partial charge in [0, 0.05) is 13.6 Å². The van der Waals surface area contributed by atoms with Crippen molar-refractivity contribution in [1.82, 2.24) is 15.1 Å². The summed E-state index contributed by atoms with van der Waals surface area (Å²) in [7, 11) is 1.52. The lowest BCUT2D eigenvalue weighted by Gasteiger charge is -2.13. The Morgan fingerprint density at radius 2 is 2.05 bits per heavy atom. The number of nitrogens with zero attached hydrogens (tertiary/aromatic N) is 2. The van der Waals surface area contributed by atoms with Gasteiger partial charge in [0.05, 0.1) is 17.4 Å². The van der Waals surface area contributed by atoms with Gasteiger partial charge in [0.15, 0.2) is 0 Å². The lowest BCUT2D eigenvalue weighted by Crippen LogP contribution is -2.27. The number of hydrogen-bond donors (Lipinski definition) is 2. The molecule has 0 aliphatic rings. The average molecular weight is 298 g/mol. The van der Waals surface area contributed by atoms with Gasteiger partial charge in [-0.25, -0.2) is 0 Å². The number of carbonyl (C=O) groups is 1. The lowest BCUT2D eigenvalue weighted by molar-refractivity contribution is -0.138. The minimum atomic E-state index is -4.47. The summed E-state index contributed by atoms with van der Waals surface area (Å²) in [6.45, 7) is -0.251. The zero-order valence-corrected chi connectivity index (χ0v) is 11.1. The van der Waals surface area contributed by atoms with Crippen molar-refractivity contribution < 1.29 is 18.0 Å². The number of aryl methyl sites for hydroxylation is 1. The zero-order chi connectivity index (χ0) is 15.6. The predicted octanol–water partition coefficient (Wildman–Crippen LogP) is 1.95. The molecule has 1 amide bonds. The maximum absolute atomic E-state index is 12.8. The molecule has 0 radical (unpaired) electrons. The molecule has 0 aliphatic heterocycles. The fourth-order valence-corrected chi connectivity index (χ4v) is 1.94. The standard InChI is InChI=1S/C13H13F3N4O/c1-20-11(10(17)7-19-20)12(21)18-6-8-4-2-3-5-9(8)13(14,15)16/h2-5,7H,6,17H2,1H3,(H,18,21). The Morgan fingerprint density at radius 3 is 2.62 bits per heavy atom. The maximum atomic E-state index is 12.8. The van der Waals surface area contributed by atoms with Crippen LogP contribution in [0, 0.1) is 0 Å². The molecule has 0 unspecified atom stereocenters. The number of nitrogens with one attached hydrogen (secondary N) is 1. The van der Waals surface area contributed by atoms with Crippen molar-refractivity contribution in [2.45, 2.75) is 12.7 Å². The first-order valence-corrected chi connectivity index (χ1v) is 6.01. The molecule has 3 N–H and O–H groups in total. The molecule has 0 saturated heterocycles. The van der Waals surface area contributed by atoms with E-state index in [9.17, 15) is 18.0 Å². The van der Waals surface area contributed by atoms with Crippen molar-refractivity contribution in [1.29, 1.82) is 0 Å². The van der Waals surface area contributed by atoms with E-state index in [1.54, 1.807) is 0 Å². The maximum Gasteiger partial charge on any atom is 0.416 e. The summed E-state index contributed by atoms with van der Waals surface area (Å²) in [6, 6.07) is 5.07. The van der Waals surface area contributed by atoms with E-state index in [1.165, 1.54) is 36.1 Å². The zero-order valence-electron chi connectivity index (χ0n) is 11.1. The fourth-order valence-electron chi connectivity index (χ4n) is 1.94. The highest BCUT2D eigenvalue weighted by Crippen LogP contribution is 2.31. The highest BCUT2D eigenvalue weighted by atomic mass is 19.4. The minimum Gasteiger partial charge on any atom is -0.396 e. The van der Waals surface area contributed by atoms with Crippen LogP contribution >= 0.6 is 0 Å². The van der Waals surface area contributed by atoms with Gasteiger partial charge in [0.1, 0.15) is 5.69 Å². The Bertz CT molecular complexity index is 644. The molecule has 0 fully saturated rings. The van der Waals surface area contributed by atoms with Crippen LogP contribution in [0.15, 0.2) is 30.5 Å². The predicted molar refractivity (Wildman–Crippen MR) is 70.2 cm³/mol. The molecule has 112 valence electrons. The number of alkyl halides is 3. The SMILES string of the molecule is Cn1ncc(N)c1C(=O)NCc1ccccc1C(F)(F)F. The largest absolute Gasteiger partial charge is 0.416 e. The smallest absolute Gasteiger partial charge is 0.396 e. The van der Waals surface area contributed by atoms with Crippen LogP contribution < -0.4 is 11.1 Å². The van der Waals surface area contributed by atoms with Crippen LogP contribution in [-0.2, 0) is 19.8 Å². The summed E-state index contributed by atoms with van der Waals surface area (Å²) in [4.78, 5) is 11.9. The second-order valence-electron chi connectivity index (χ2n) is 4.41. The van der Waals surface area contributed by atoms with E-state index in [4.69, 9.17) is 5.73 Å². The molecule has 21 heavy (non-hydrogen) atoms. The molecular formula is C13H13F3N4O. The summed E-state index contributed by atoms with van der Waals surface area (Å²) in [6.07, 6.45) is -3.16. The van der Waals surface area contributed by atoms with Crippen molar-refractivity contribution in [2.75, 3.05) is 5.73 Å². The van der Waals surface area contributed by atoms with Gasteiger partial charge in [-0.15, -0.1) is 0 Å². The third-order valence-electron chi connectivity index (χ3n) is 2.94.